The lowest BCUT2D eigenvalue weighted by Crippen LogP contribution is -2.46. The molecule has 0 spiro atoms. The zero-order chi connectivity index (χ0) is 19.9. The maximum atomic E-state index is 12.8. The number of para-hydroxylation sites is 2. The average molecular weight is 508 g/mol. The third-order valence-electron chi connectivity index (χ3n) is 5.00. The molecular formula is C22H29IN4O2. The molecule has 0 saturated carbocycles. The van der Waals surface area contributed by atoms with Crippen molar-refractivity contribution in [3.63, 3.8) is 0 Å². The molecular weight excluding hydrogens is 479 g/mol. The van der Waals surface area contributed by atoms with Gasteiger partial charge in [-0.15, -0.1) is 24.0 Å². The summed E-state index contributed by atoms with van der Waals surface area (Å²) in [7, 11) is 3.36. The summed E-state index contributed by atoms with van der Waals surface area (Å²) in [6, 6.07) is 16.0. The zero-order valence-electron chi connectivity index (χ0n) is 17.1. The number of carbonyl (C=O) groups excluding carboxylic acids is 1. The van der Waals surface area contributed by atoms with E-state index in [4.69, 9.17) is 4.74 Å². The van der Waals surface area contributed by atoms with Crippen LogP contribution < -0.4 is 20.3 Å². The first kappa shape index (κ1) is 23.0. The first-order chi connectivity index (χ1) is 13.6. The Labute approximate surface area is 189 Å². The number of aryl methyl sites for hydroxylation is 1. The van der Waals surface area contributed by atoms with Crippen molar-refractivity contribution in [3.8, 4) is 5.75 Å². The SMILES string of the molecule is CN=C(NCC(=O)N1CCCc2ccccc21)NC(C)c1ccccc1OC.I. The summed E-state index contributed by atoms with van der Waals surface area (Å²) in [5, 5.41) is 6.47. The number of rotatable bonds is 5. The van der Waals surface area contributed by atoms with Gasteiger partial charge in [0.15, 0.2) is 5.96 Å². The number of ether oxygens (including phenoxy) is 1. The monoisotopic (exact) mass is 508 g/mol. The number of amides is 1. The highest BCUT2D eigenvalue weighted by molar-refractivity contribution is 14.0. The third kappa shape index (κ3) is 5.62. The van der Waals surface area contributed by atoms with Gasteiger partial charge in [-0.3, -0.25) is 9.79 Å². The largest absolute Gasteiger partial charge is 0.496 e. The molecule has 1 heterocycles. The number of nitrogens with one attached hydrogen (secondary N) is 2. The van der Waals surface area contributed by atoms with Crippen LogP contribution in [-0.2, 0) is 11.2 Å². The molecule has 1 amide bonds. The zero-order valence-corrected chi connectivity index (χ0v) is 19.5. The predicted molar refractivity (Wildman–Crippen MR) is 128 cm³/mol. The summed E-state index contributed by atoms with van der Waals surface area (Å²) in [6.07, 6.45) is 2.01. The molecule has 7 heteroatoms. The first-order valence-corrected chi connectivity index (χ1v) is 9.62. The van der Waals surface area contributed by atoms with Crippen molar-refractivity contribution in [1.82, 2.24) is 10.6 Å². The van der Waals surface area contributed by atoms with Gasteiger partial charge in [-0.25, -0.2) is 0 Å². The quantitative estimate of drug-likeness (QED) is 0.369. The number of hydrogen-bond acceptors (Lipinski definition) is 3. The molecule has 29 heavy (non-hydrogen) atoms. The maximum Gasteiger partial charge on any atom is 0.246 e. The number of methoxy groups -OCH3 is 1. The van der Waals surface area contributed by atoms with Crippen molar-refractivity contribution < 1.29 is 9.53 Å². The van der Waals surface area contributed by atoms with Crippen LogP contribution in [-0.4, -0.2) is 39.1 Å². The molecule has 2 aromatic rings. The molecule has 1 atom stereocenters. The Morgan fingerprint density at radius 2 is 1.93 bits per heavy atom. The average Bonchev–Trinajstić information content (AvgIpc) is 2.75. The Morgan fingerprint density at radius 1 is 1.21 bits per heavy atom. The van der Waals surface area contributed by atoms with Crippen molar-refractivity contribution in [2.45, 2.75) is 25.8 Å². The van der Waals surface area contributed by atoms with Gasteiger partial charge in [0.2, 0.25) is 5.91 Å². The topological polar surface area (TPSA) is 66.0 Å². The van der Waals surface area contributed by atoms with E-state index in [0.717, 1.165) is 36.4 Å². The van der Waals surface area contributed by atoms with Crippen LogP contribution in [0, 0.1) is 0 Å². The molecule has 0 aromatic heterocycles. The number of benzene rings is 2. The molecule has 0 bridgehead atoms. The van der Waals surface area contributed by atoms with Gasteiger partial charge >= 0.3 is 0 Å². The van der Waals surface area contributed by atoms with E-state index in [9.17, 15) is 4.79 Å². The molecule has 1 aliphatic heterocycles. The minimum Gasteiger partial charge on any atom is -0.496 e. The van der Waals surface area contributed by atoms with E-state index < -0.39 is 0 Å². The molecule has 0 radical (unpaired) electrons. The van der Waals surface area contributed by atoms with E-state index in [1.165, 1.54) is 5.56 Å². The number of fused-ring (bicyclic) bond motifs is 1. The highest BCUT2D eigenvalue weighted by Gasteiger charge is 2.22. The molecule has 156 valence electrons. The number of hydrogen-bond donors (Lipinski definition) is 2. The van der Waals surface area contributed by atoms with E-state index in [0.29, 0.717) is 5.96 Å². The predicted octanol–water partition coefficient (Wildman–Crippen LogP) is 3.52. The van der Waals surface area contributed by atoms with Crippen LogP contribution in [0.5, 0.6) is 5.75 Å². The van der Waals surface area contributed by atoms with Crippen molar-refractivity contribution >= 4 is 41.5 Å². The standard InChI is InChI=1S/C22H28N4O2.HI/c1-16(18-11-5-7-13-20(18)28-3)25-22(23-2)24-15-21(27)26-14-8-10-17-9-4-6-12-19(17)26;/h4-7,9,11-13,16H,8,10,14-15H2,1-3H3,(H2,23,24,25);1H. The summed E-state index contributed by atoms with van der Waals surface area (Å²) < 4.78 is 5.43. The van der Waals surface area contributed by atoms with Gasteiger partial charge in [-0.05, 0) is 37.5 Å². The van der Waals surface area contributed by atoms with Gasteiger partial charge in [0.25, 0.3) is 0 Å². The summed E-state index contributed by atoms with van der Waals surface area (Å²) in [5.74, 6) is 1.44. The fourth-order valence-electron chi connectivity index (χ4n) is 3.55. The molecule has 2 aromatic carbocycles. The number of halogens is 1. The lowest BCUT2D eigenvalue weighted by atomic mass is 10.0. The van der Waals surface area contributed by atoms with Crippen LogP contribution in [0.3, 0.4) is 0 Å². The summed E-state index contributed by atoms with van der Waals surface area (Å²) in [6.45, 7) is 2.97. The van der Waals surface area contributed by atoms with Crippen LogP contribution in [0.25, 0.3) is 0 Å². The van der Waals surface area contributed by atoms with Crippen LogP contribution in [0.1, 0.15) is 30.5 Å². The Bertz CT molecular complexity index is 856. The molecule has 0 fully saturated rings. The van der Waals surface area contributed by atoms with Crippen LogP contribution in [0.15, 0.2) is 53.5 Å². The number of guanidine groups is 1. The molecule has 2 N–H and O–H groups in total. The second kappa shape index (κ2) is 11.0. The highest BCUT2D eigenvalue weighted by Crippen LogP contribution is 2.26. The van der Waals surface area contributed by atoms with Crippen LogP contribution in [0.4, 0.5) is 5.69 Å². The van der Waals surface area contributed by atoms with Crippen molar-refractivity contribution in [2.24, 2.45) is 4.99 Å². The van der Waals surface area contributed by atoms with Gasteiger partial charge in [-0.2, -0.15) is 0 Å². The molecule has 3 rings (SSSR count). The number of anilines is 1. The number of aliphatic imine (C=N–C) groups is 1. The summed E-state index contributed by atoms with van der Waals surface area (Å²) >= 11 is 0. The van der Waals surface area contributed by atoms with Gasteiger partial charge in [0.05, 0.1) is 19.7 Å². The highest BCUT2D eigenvalue weighted by atomic mass is 127. The first-order valence-electron chi connectivity index (χ1n) is 9.62. The van der Waals surface area contributed by atoms with E-state index in [1.807, 2.05) is 54.3 Å². The van der Waals surface area contributed by atoms with Crippen LogP contribution >= 0.6 is 24.0 Å². The Hall–Kier alpha value is -2.29. The fraction of sp³-hybridized carbons (Fsp3) is 0.364. The Balaban J connectivity index is 0.00000300. The van der Waals surface area contributed by atoms with E-state index >= 15 is 0 Å². The molecule has 0 aliphatic carbocycles. The summed E-state index contributed by atoms with van der Waals surface area (Å²) in [5.41, 5.74) is 3.28. The van der Waals surface area contributed by atoms with Crippen LogP contribution in [0.2, 0.25) is 0 Å². The lowest BCUT2D eigenvalue weighted by Gasteiger charge is -2.30. The molecule has 6 nitrogen and oxygen atoms in total. The van der Waals surface area contributed by atoms with Crippen molar-refractivity contribution in [3.05, 3.63) is 59.7 Å². The van der Waals surface area contributed by atoms with E-state index in [-0.39, 0.29) is 42.5 Å². The lowest BCUT2D eigenvalue weighted by molar-refractivity contribution is -0.117. The minimum absolute atomic E-state index is 0. The van der Waals surface area contributed by atoms with Crippen molar-refractivity contribution in [2.75, 3.05) is 32.1 Å². The fourth-order valence-corrected chi connectivity index (χ4v) is 3.55. The van der Waals surface area contributed by atoms with Gasteiger partial charge < -0.3 is 20.3 Å². The van der Waals surface area contributed by atoms with Gasteiger partial charge in [-0.1, -0.05) is 36.4 Å². The normalized spacial score (nSPS) is 14.3. The number of carbonyl (C=O) groups is 1. The Kier molecular flexibility index (Phi) is 8.75. The molecule has 1 unspecified atom stereocenters. The maximum absolute atomic E-state index is 12.8. The third-order valence-corrected chi connectivity index (χ3v) is 5.00. The second-order valence-electron chi connectivity index (χ2n) is 6.81. The van der Waals surface area contributed by atoms with E-state index in [2.05, 4.69) is 21.7 Å². The van der Waals surface area contributed by atoms with Gasteiger partial charge in [0.1, 0.15) is 5.75 Å². The molecule has 0 saturated heterocycles. The summed E-state index contributed by atoms with van der Waals surface area (Å²) in [4.78, 5) is 18.9. The van der Waals surface area contributed by atoms with E-state index in [1.54, 1.807) is 14.2 Å². The van der Waals surface area contributed by atoms with Gasteiger partial charge in [0, 0.05) is 24.8 Å². The minimum atomic E-state index is -0.0202. The Morgan fingerprint density at radius 3 is 2.69 bits per heavy atom. The number of nitrogens with zero attached hydrogens (tertiary/aromatic N) is 2. The smallest absolute Gasteiger partial charge is 0.246 e. The molecule has 1 aliphatic rings. The van der Waals surface area contributed by atoms with Crippen molar-refractivity contribution in [1.29, 1.82) is 0 Å². The second-order valence-corrected chi connectivity index (χ2v) is 6.81.